The molecule has 5 heteroatoms. The van der Waals surface area contributed by atoms with Gasteiger partial charge in [-0.15, -0.1) is 0 Å². The SMILES string of the molecule is Cc1ccc(Br)cc1C(=O)NC(C)Cn1cccn1. The van der Waals surface area contributed by atoms with Crippen LogP contribution in [0.3, 0.4) is 0 Å². The number of rotatable bonds is 4. The van der Waals surface area contributed by atoms with Gasteiger partial charge in [0.25, 0.3) is 5.91 Å². The Morgan fingerprint density at radius 1 is 1.53 bits per heavy atom. The molecule has 1 heterocycles. The van der Waals surface area contributed by atoms with Crippen molar-refractivity contribution in [2.24, 2.45) is 0 Å². The number of nitrogens with zero attached hydrogens (tertiary/aromatic N) is 2. The topological polar surface area (TPSA) is 46.9 Å². The van der Waals surface area contributed by atoms with Crippen molar-refractivity contribution >= 4 is 21.8 Å². The molecule has 0 bridgehead atoms. The molecule has 1 aromatic heterocycles. The van der Waals surface area contributed by atoms with Crippen molar-refractivity contribution in [3.05, 3.63) is 52.3 Å². The highest BCUT2D eigenvalue weighted by atomic mass is 79.9. The van der Waals surface area contributed by atoms with Gasteiger partial charge in [-0.1, -0.05) is 22.0 Å². The highest BCUT2D eigenvalue weighted by Crippen LogP contribution is 2.16. The van der Waals surface area contributed by atoms with Gasteiger partial charge in [-0.2, -0.15) is 5.10 Å². The highest BCUT2D eigenvalue weighted by molar-refractivity contribution is 9.10. The second kappa shape index (κ2) is 6.02. The summed E-state index contributed by atoms with van der Waals surface area (Å²) in [5.74, 6) is -0.0570. The standard InChI is InChI=1S/C14H16BrN3O/c1-10-4-5-12(15)8-13(10)14(19)17-11(2)9-18-7-3-6-16-18/h3-8,11H,9H2,1-2H3,(H,17,19). The highest BCUT2D eigenvalue weighted by Gasteiger charge is 2.12. The normalized spacial score (nSPS) is 12.2. The third-order valence-electron chi connectivity index (χ3n) is 2.84. The smallest absolute Gasteiger partial charge is 0.251 e. The van der Waals surface area contributed by atoms with Crippen molar-refractivity contribution in [1.82, 2.24) is 15.1 Å². The summed E-state index contributed by atoms with van der Waals surface area (Å²) in [6.45, 7) is 4.55. The van der Waals surface area contributed by atoms with Crippen molar-refractivity contribution in [2.45, 2.75) is 26.4 Å². The summed E-state index contributed by atoms with van der Waals surface area (Å²) < 4.78 is 2.71. The summed E-state index contributed by atoms with van der Waals surface area (Å²) in [6, 6.07) is 7.58. The number of hydrogen-bond acceptors (Lipinski definition) is 2. The average Bonchev–Trinajstić information content (AvgIpc) is 2.84. The molecule has 1 unspecified atom stereocenters. The van der Waals surface area contributed by atoms with E-state index in [0.717, 1.165) is 10.0 Å². The van der Waals surface area contributed by atoms with Crippen LogP contribution in [0.4, 0.5) is 0 Å². The van der Waals surface area contributed by atoms with Crippen LogP contribution in [0.2, 0.25) is 0 Å². The molecule has 1 aromatic carbocycles. The van der Waals surface area contributed by atoms with Gasteiger partial charge in [-0.25, -0.2) is 0 Å². The van der Waals surface area contributed by atoms with Crippen LogP contribution in [-0.2, 0) is 6.54 Å². The minimum absolute atomic E-state index is 0.0192. The van der Waals surface area contributed by atoms with Crippen LogP contribution in [0.5, 0.6) is 0 Å². The van der Waals surface area contributed by atoms with Crippen LogP contribution in [-0.4, -0.2) is 21.7 Å². The Kier molecular flexibility index (Phi) is 4.37. The maximum Gasteiger partial charge on any atom is 0.251 e. The molecule has 1 N–H and O–H groups in total. The lowest BCUT2D eigenvalue weighted by Crippen LogP contribution is -2.36. The molecule has 100 valence electrons. The Morgan fingerprint density at radius 3 is 3.00 bits per heavy atom. The Morgan fingerprint density at radius 2 is 2.32 bits per heavy atom. The fraction of sp³-hybridized carbons (Fsp3) is 0.286. The van der Waals surface area contributed by atoms with Crippen molar-refractivity contribution < 1.29 is 4.79 Å². The zero-order chi connectivity index (χ0) is 13.8. The molecule has 2 rings (SSSR count). The quantitative estimate of drug-likeness (QED) is 0.941. The van der Waals surface area contributed by atoms with E-state index in [0.29, 0.717) is 12.1 Å². The number of carbonyl (C=O) groups excluding carboxylic acids is 1. The number of aromatic nitrogens is 2. The zero-order valence-corrected chi connectivity index (χ0v) is 12.5. The van der Waals surface area contributed by atoms with Gasteiger partial charge >= 0.3 is 0 Å². The van der Waals surface area contributed by atoms with Crippen LogP contribution in [0, 0.1) is 6.92 Å². The van der Waals surface area contributed by atoms with Crippen LogP contribution in [0.1, 0.15) is 22.8 Å². The first-order valence-electron chi connectivity index (χ1n) is 6.10. The van der Waals surface area contributed by atoms with Gasteiger partial charge in [-0.05, 0) is 37.6 Å². The molecule has 2 aromatic rings. The van der Waals surface area contributed by atoms with Gasteiger partial charge in [0.15, 0.2) is 0 Å². The van der Waals surface area contributed by atoms with E-state index in [9.17, 15) is 4.79 Å². The minimum atomic E-state index is -0.0570. The Labute approximate surface area is 120 Å². The van der Waals surface area contributed by atoms with Crippen LogP contribution in [0.15, 0.2) is 41.1 Å². The van der Waals surface area contributed by atoms with Crippen molar-refractivity contribution in [2.75, 3.05) is 0 Å². The molecule has 0 aliphatic rings. The first kappa shape index (κ1) is 13.8. The van der Waals surface area contributed by atoms with E-state index in [1.165, 1.54) is 0 Å². The minimum Gasteiger partial charge on any atom is -0.348 e. The van der Waals surface area contributed by atoms with Crippen molar-refractivity contribution in [3.63, 3.8) is 0 Å². The third kappa shape index (κ3) is 3.67. The molecule has 0 fully saturated rings. The number of halogens is 1. The number of hydrogen-bond donors (Lipinski definition) is 1. The van der Waals surface area contributed by atoms with E-state index >= 15 is 0 Å². The Bertz CT molecular complexity index is 566. The average molecular weight is 322 g/mol. The Hall–Kier alpha value is -1.62. The van der Waals surface area contributed by atoms with Gasteiger partial charge in [0.1, 0.15) is 0 Å². The summed E-state index contributed by atoms with van der Waals surface area (Å²) in [5, 5.41) is 7.11. The number of aryl methyl sites for hydroxylation is 1. The van der Waals surface area contributed by atoms with E-state index in [2.05, 4.69) is 26.3 Å². The van der Waals surface area contributed by atoms with Gasteiger partial charge in [0.2, 0.25) is 0 Å². The summed E-state index contributed by atoms with van der Waals surface area (Å²) in [4.78, 5) is 12.2. The number of benzene rings is 1. The second-order valence-electron chi connectivity index (χ2n) is 4.56. The summed E-state index contributed by atoms with van der Waals surface area (Å²) in [7, 11) is 0. The van der Waals surface area contributed by atoms with Crippen LogP contribution in [0.25, 0.3) is 0 Å². The monoisotopic (exact) mass is 321 g/mol. The number of carbonyl (C=O) groups is 1. The van der Waals surface area contributed by atoms with Gasteiger partial charge < -0.3 is 5.32 Å². The lowest BCUT2D eigenvalue weighted by Gasteiger charge is -2.15. The maximum absolute atomic E-state index is 12.2. The molecule has 4 nitrogen and oxygen atoms in total. The van der Waals surface area contributed by atoms with Crippen LogP contribution >= 0.6 is 15.9 Å². The van der Waals surface area contributed by atoms with Gasteiger partial charge in [0.05, 0.1) is 6.54 Å². The molecule has 1 atom stereocenters. The summed E-state index contributed by atoms with van der Waals surface area (Å²) in [6.07, 6.45) is 3.61. The molecular formula is C14H16BrN3O. The first-order chi connectivity index (χ1) is 9.06. The van der Waals surface area contributed by atoms with E-state index in [1.807, 2.05) is 44.3 Å². The molecule has 0 aliphatic carbocycles. The molecule has 0 radical (unpaired) electrons. The predicted octanol–water partition coefficient (Wildman–Crippen LogP) is 2.77. The second-order valence-corrected chi connectivity index (χ2v) is 5.48. The molecular weight excluding hydrogens is 306 g/mol. The lowest BCUT2D eigenvalue weighted by molar-refractivity contribution is 0.0935. The Balaban J connectivity index is 2.02. The molecule has 0 spiro atoms. The molecule has 19 heavy (non-hydrogen) atoms. The summed E-state index contributed by atoms with van der Waals surface area (Å²) >= 11 is 3.39. The van der Waals surface area contributed by atoms with E-state index in [1.54, 1.807) is 10.9 Å². The van der Waals surface area contributed by atoms with Gasteiger partial charge in [0, 0.05) is 28.5 Å². The molecule has 1 amide bonds. The fourth-order valence-electron chi connectivity index (χ4n) is 1.88. The van der Waals surface area contributed by atoms with Crippen molar-refractivity contribution in [1.29, 1.82) is 0 Å². The largest absolute Gasteiger partial charge is 0.348 e. The predicted molar refractivity (Wildman–Crippen MR) is 78.0 cm³/mol. The third-order valence-corrected chi connectivity index (χ3v) is 3.34. The molecule has 0 aliphatic heterocycles. The van der Waals surface area contributed by atoms with E-state index in [4.69, 9.17) is 0 Å². The fourth-order valence-corrected chi connectivity index (χ4v) is 2.24. The number of nitrogens with one attached hydrogen (secondary N) is 1. The lowest BCUT2D eigenvalue weighted by atomic mass is 10.1. The maximum atomic E-state index is 12.2. The van der Waals surface area contributed by atoms with E-state index in [-0.39, 0.29) is 11.9 Å². The first-order valence-corrected chi connectivity index (χ1v) is 6.90. The zero-order valence-electron chi connectivity index (χ0n) is 10.9. The van der Waals surface area contributed by atoms with E-state index < -0.39 is 0 Å². The van der Waals surface area contributed by atoms with Gasteiger partial charge in [-0.3, -0.25) is 9.48 Å². The number of amides is 1. The molecule has 0 saturated carbocycles. The molecule has 0 saturated heterocycles. The van der Waals surface area contributed by atoms with Crippen molar-refractivity contribution in [3.8, 4) is 0 Å². The van der Waals surface area contributed by atoms with Crippen LogP contribution < -0.4 is 5.32 Å². The summed E-state index contributed by atoms with van der Waals surface area (Å²) in [5.41, 5.74) is 1.66.